The Morgan fingerprint density at radius 2 is 2.32 bits per heavy atom. The van der Waals surface area contributed by atoms with Crippen LogP contribution in [0.3, 0.4) is 0 Å². The third-order valence-corrected chi connectivity index (χ3v) is 4.86. The number of amides is 1. The number of hydrogen-bond acceptors (Lipinski definition) is 7. The Balaban J connectivity index is 1.63. The molecule has 0 saturated carbocycles. The molecule has 128 valence electrons. The molecule has 0 bridgehead atoms. The molecular formula is C17H16N4O3S. The van der Waals surface area contributed by atoms with Crippen LogP contribution in [0.5, 0.6) is 0 Å². The molecule has 1 amide bonds. The van der Waals surface area contributed by atoms with Gasteiger partial charge >= 0.3 is 0 Å². The second kappa shape index (κ2) is 6.73. The number of ether oxygens (including phenoxy) is 1. The summed E-state index contributed by atoms with van der Waals surface area (Å²) in [6.07, 6.45) is 1.26. The van der Waals surface area contributed by atoms with Gasteiger partial charge in [0, 0.05) is 23.1 Å². The Labute approximate surface area is 148 Å². The molecule has 1 saturated heterocycles. The first-order valence-corrected chi connectivity index (χ1v) is 8.78. The SMILES string of the molecule is Cc1nc(-c2cccc(C(=O)N3CCOC[C@@H]3c3ncon3)c2)cs1. The topological polar surface area (TPSA) is 81.4 Å². The van der Waals surface area contributed by atoms with Crippen LogP contribution in [0.1, 0.15) is 27.2 Å². The number of hydrogen-bond donors (Lipinski definition) is 0. The minimum Gasteiger partial charge on any atom is -0.377 e. The van der Waals surface area contributed by atoms with Crippen molar-refractivity contribution in [1.82, 2.24) is 20.0 Å². The monoisotopic (exact) mass is 356 g/mol. The predicted octanol–water partition coefficient (Wildman–Crippen LogP) is 2.72. The Bertz CT molecular complexity index is 878. The lowest BCUT2D eigenvalue weighted by Crippen LogP contribution is -2.43. The zero-order valence-electron chi connectivity index (χ0n) is 13.6. The first-order chi connectivity index (χ1) is 12.2. The maximum absolute atomic E-state index is 13.1. The van der Waals surface area contributed by atoms with Crippen LogP contribution in [0, 0.1) is 6.92 Å². The lowest BCUT2D eigenvalue weighted by molar-refractivity contribution is -0.00576. The molecule has 4 rings (SSSR count). The Hall–Kier alpha value is -2.58. The molecule has 0 radical (unpaired) electrons. The van der Waals surface area contributed by atoms with Crippen molar-refractivity contribution in [3.8, 4) is 11.3 Å². The molecule has 25 heavy (non-hydrogen) atoms. The van der Waals surface area contributed by atoms with E-state index in [2.05, 4.69) is 15.1 Å². The Morgan fingerprint density at radius 1 is 1.40 bits per heavy atom. The largest absolute Gasteiger partial charge is 0.377 e. The van der Waals surface area contributed by atoms with Crippen molar-refractivity contribution < 1.29 is 14.1 Å². The van der Waals surface area contributed by atoms with Crippen molar-refractivity contribution in [2.45, 2.75) is 13.0 Å². The highest BCUT2D eigenvalue weighted by molar-refractivity contribution is 7.09. The molecule has 1 aliphatic rings. The number of morpholine rings is 1. The van der Waals surface area contributed by atoms with Gasteiger partial charge in [-0.25, -0.2) is 4.98 Å². The van der Waals surface area contributed by atoms with Crippen LogP contribution in [0.25, 0.3) is 11.3 Å². The van der Waals surface area contributed by atoms with Crippen LogP contribution in [0.2, 0.25) is 0 Å². The second-order valence-corrected chi connectivity index (χ2v) is 6.77. The summed E-state index contributed by atoms with van der Waals surface area (Å²) < 4.78 is 10.3. The molecule has 0 N–H and O–H groups in total. The molecule has 1 aliphatic heterocycles. The highest BCUT2D eigenvalue weighted by Crippen LogP contribution is 2.26. The number of benzene rings is 1. The second-order valence-electron chi connectivity index (χ2n) is 5.71. The van der Waals surface area contributed by atoms with Crippen molar-refractivity contribution in [3.05, 3.63) is 52.4 Å². The summed E-state index contributed by atoms with van der Waals surface area (Å²) in [5.41, 5.74) is 2.42. The molecule has 2 aromatic heterocycles. The van der Waals surface area contributed by atoms with E-state index >= 15 is 0 Å². The lowest BCUT2D eigenvalue weighted by atomic mass is 10.1. The maximum Gasteiger partial charge on any atom is 0.254 e. The van der Waals surface area contributed by atoms with Gasteiger partial charge in [0.2, 0.25) is 6.39 Å². The third-order valence-electron chi connectivity index (χ3n) is 4.09. The van der Waals surface area contributed by atoms with Gasteiger partial charge in [-0.15, -0.1) is 11.3 Å². The number of thiazole rings is 1. The fourth-order valence-corrected chi connectivity index (χ4v) is 3.48. The van der Waals surface area contributed by atoms with Gasteiger partial charge in [0.1, 0.15) is 6.04 Å². The van der Waals surface area contributed by atoms with Gasteiger partial charge < -0.3 is 14.2 Å². The molecule has 0 spiro atoms. The minimum absolute atomic E-state index is 0.0769. The number of nitrogens with zero attached hydrogens (tertiary/aromatic N) is 4. The van der Waals surface area contributed by atoms with Gasteiger partial charge in [0.25, 0.3) is 5.91 Å². The van der Waals surface area contributed by atoms with E-state index < -0.39 is 0 Å². The van der Waals surface area contributed by atoms with Crippen LogP contribution in [0.4, 0.5) is 0 Å². The number of carbonyl (C=O) groups is 1. The number of rotatable bonds is 3. The van der Waals surface area contributed by atoms with Crippen molar-refractivity contribution in [1.29, 1.82) is 0 Å². The van der Waals surface area contributed by atoms with Crippen molar-refractivity contribution >= 4 is 17.2 Å². The van der Waals surface area contributed by atoms with E-state index in [0.29, 0.717) is 31.1 Å². The first kappa shape index (κ1) is 15.9. The van der Waals surface area contributed by atoms with Crippen LogP contribution in [0.15, 0.2) is 40.6 Å². The van der Waals surface area contributed by atoms with Gasteiger partial charge in [-0.3, -0.25) is 4.79 Å². The van der Waals surface area contributed by atoms with Crippen LogP contribution in [-0.2, 0) is 4.74 Å². The van der Waals surface area contributed by atoms with E-state index in [1.165, 1.54) is 6.39 Å². The molecule has 0 aliphatic carbocycles. The normalized spacial score (nSPS) is 17.6. The van der Waals surface area contributed by atoms with Crippen molar-refractivity contribution in [2.75, 3.05) is 19.8 Å². The average molecular weight is 356 g/mol. The molecule has 1 fully saturated rings. The first-order valence-electron chi connectivity index (χ1n) is 7.90. The molecule has 1 atom stereocenters. The molecule has 0 unspecified atom stereocenters. The van der Waals surface area contributed by atoms with E-state index in [9.17, 15) is 4.79 Å². The van der Waals surface area contributed by atoms with Gasteiger partial charge in [0.05, 0.1) is 23.9 Å². The van der Waals surface area contributed by atoms with E-state index in [1.54, 1.807) is 16.2 Å². The maximum atomic E-state index is 13.1. The smallest absolute Gasteiger partial charge is 0.254 e. The summed E-state index contributed by atoms with van der Waals surface area (Å²) in [5.74, 6) is 0.381. The lowest BCUT2D eigenvalue weighted by Gasteiger charge is -2.33. The van der Waals surface area contributed by atoms with E-state index in [0.717, 1.165) is 16.3 Å². The fourth-order valence-electron chi connectivity index (χ4n) is 2.86. The van der Waals surface area contributed by atoms with Crippen LogP contribution < -0.4 is 0 Å². The quantitative estimate of drug-likeness (QED) is 0.718. The summed E-state index contributed by atoms with van der Waals surface area (Å²) in [6, 6.07) is 7.18. The number of aryl methyl sites for hydroxylation is 1. The molecule has 8 heteroatoms. The predicted molar refractivity (Wildman–Crippen MR) is 91.2 cm³/mol. The fraction of sp³-hybridized carbons (Fsp3) is 0.294. The summed E-state index contributed by atoms with van der Waals surface area (Å²) in [4.78, 5) is 23.4. The Kier molecular flexibility index (Phi) is 4.29. The van der Waals surface area contributed by atoms with E-state index in [-0.39, 0.29) is 11.9 Å². The summed E-state index contributed by atoms with van der Waals surface area (Å²) >= 11 is 1.59. The van der Waals surface area contributed by atoms with Gasteiger partial charge in [0.15, 0.2) is 5.82 Å². The van der Waals surface area contributed by atoms with Gasteiger partial charge in [-0.2, -0.15) is 4.98 Å². The van der Waals surface area contributed by atoms with Crippen molar-refractivity contribution in [3.63, 3.8) is 0 Å². The standard InChI is InChI=1S/C17H16N4O3S/c1-11-19-14(9-25-11)12-3-2-4-13(7-12)17(22)21-5-6-23-8-15(21)16-18-10-24-20-16/h2-4,7,9-10,15H,5-6,8H2,1H3/t15-/m1/s1. The summed E-state index contributed by atoms with van der Waals surface area (Å²) in [7, 11) is 0. The van der Waals surface area contributed by atoms with Gasteiger partial charge in [-0.05, 0) is 19.1 Å². The van der Waals surface area contributed by atoms with E-state index in [4.69, 9.17) is 9.26 Å². The third kappa shape index (κ3) is 3.18. The van der Waals surface area contributed by atoms with E-state index in [1.807, 2.05) is 36.6 Å². The summed E-state index contributed by atoms with van der Waals surface area (Å²) in [5, 5.41) is 6.86. The summed E-state index contributed by atoms with van der Waals surface area (Å²) in [6.45, 7) is 3.30. The van der Waals surface area contributed by atoms with Crippen molar-refractivity contribution in [2.24, 2.45) is 0 Å². The molecule has 3 heterocycles. The average Bonchev–Trinajstić information content (AvgIpc) is 3.33. The molecule has 7 nitrogen and oxygen atoms in total. The molecule has 3 aromatic rings. The minimum atomic E-state index is -0.342. The molecular weight excluding hydrogens is 340 g/mol. The van der Waals surface area contributed by atoms with Crippen LogP contribution >= 0.6 is 11.3 Å². The van der Waals surface area contributed by atoms with Crippen LogP contribution in [-0.4, -0.2) is 45.7 Å². The zero-order valence-corrected chi connectivity index (χ0v) is 14.4. The number of carbonyl (C=O) groups excluding carboxylic acids is 1. The Morgan fingerprint density at radius 3 is 3.08 bits per heavy atom. The van der Waals surface area contributed by atoms with Gasteiger partial charge in [-0.1, -0.05) is 17.3 Å². The highest BCUT2D eigenvalue weighted by atomic mass is 32.1. The molecule has 1 aromatic carbocycles. The highest BCUT2D eigenvalue weighted by Gasteiger charge is 2.32. The number of aromatic nitrogens is 3. The zero-order chi connectivity index (χ0) is 17.2.